The van der Waals surface area contributed by atoms with Crippen LogP contribution in [0.25, 0.3) is 0 Å². The largest absolute Gasteiger partial charge is 0.301 e. The van der Waals surface area contributed by atoms with Gasteiger partial charge in [0.15, 0.2) is 0 Å². The second-order valence-corrected chi connectivity index (χ2v) is 6.81. The quantitative estimate of drug-likeness (QED) is 0.779. The van der Waals surface area contributed by atoms with Gasteiger partial charge in [-0.3, -0.25) is 4.90 Å². The zero-order chi connectivity index (χ0) is 13.1. The summed E-state index contributed by atoms with van der Waals surface area (Å²) in [5, 5.41) is 3.32. The minimum atomic E-state index is 0.539. The Bertz CT molecular complexity index is 403. The van der Waals surface area contributed by atoms with Gasteiger partial charge in [-0.05, 0) is 38.9 Å². The van der Waals surface area contributed by atoms with Crippen LogP contribution in [0.1, 0.15) is 30.0 Å². The van der Waals surface area contributed by atoms with Crippen molar-refractivity contribution in [1.82, 2.24) is 14.8 Å². The molecule has 2 fully saturated rings. The van der Waals surface area contributed by atoms with Crippen molar-refractivity contribution < 1.29 is 0 Å². The first-order chi connectivity index (χ1) is 9.35. The van der Waals surface area contributed by atoms with Gasteiger partial charge in [0.05, 0.1) is 16.6 Å². The maximum Gasteiger partial charge on any atom is 0.0941 e. The van der Waals surface area contributed by atoms with Gasteiger partial charge in [-0.25, -0.2) is 4.98 Å². The Morgan fingerprint density at radius 3 is 2.89 bits per heavy atom. The molecule has 0 amide bonds. The van der Waals surface area contributed by atoms with E-state index < -0.39 is 0 Å². The number of halogens is 1. The van der Waals surface area contributed by atoms with Crippen molar-refractivity contribution in [2.24, 2.45) is 0 Å². The third-order valence-electron chi connectivity index (χ3n) is 4.28. The third kappa shape index (κ3) is 3.48. The van der Waals surface area contributed by atoms with Crippen molar-refractivity contribution in [3.05, 3.63) is 16.1 Å². The van der Waals surface area contributed by atoms with Gasteiger partial charge >= 0.3 is 0 Å². The first-order valence-corrected chi connectivity index (χ1v) is 8.72. The maximum absolute atomic E-state index is 5.79. The number of hydrogen-bond donors (Lipinski definition) is 0. The minimum Gasteiger partial charge on any atom is -0.301 e. The molecule has 5 heteroatoms. The van der Waals surface area contributed by atoms with Gasteiger partial charge in [0.2, 0.25) is 0 Å². The average molecular weight is 300 g/mol. The molecule has 1 unspecified atom stereocenters. The summed E-state index contributed by atoms with van der Waals surface area (Å²) < 4.78 is 0. The highest BCUT2D eigenvalue weighted by molar-refractivity contribution is 7.09. The normalized spacial score (nSPS) is 25.4. The summed E-state index contributed by atoms with van der Waals surface area (Å²) in [6.45, 7) is 6.32. The van der Waals surface area contributed by atoms with Crippen molar-refractivity contribution in [3.8, 4) is 0 Å². The number of rotatable bonds is 5. The SMILES string of the molecule is ClCc1csc(CCN2CCC(N3CCCC3)C2)n1. The van der Waals surface area contributed by atoms with E-state index in [0.717, 1.165) is 24.7 Å². The van der Waals surface area contributed by atoms with Gasteiger partial charge in [0.25, 0.3) is 0 Å². The smallest absolute Gasteiger partial charge is 0.0941 e. The number of hydrogen-bond acceptors (Lipinski definition) is 4. The fraction of sp³-hybridized carbons (Fsp3) is 0.786. The van der Waals surface area contributed by atoms with Gasteiger partial charge < -0.3 is 4.90 Å². The zero-order valence-electron chi connectivity index (χ0n) is 11.4. The van der Waals surface area contributed by atoms with Crippen LogP contribution in [0.3, 0.4) is 0 Å². The topological polar surface area (TPSA) is 19.4 Å². The van der Waals surface area contributed by atoms with Crippen molar-refractivity contribution in [1.29, 1.82) is 0 Å². The van der Waals surface area contributed by atoms with Gasteiger partial charge in [0, 0.05) is 30.9 Å². The fourth-order valence-electron chi connectivity index (χ4n) is 3.20. The summed E-state index contributed by atoms with van der Waals surface area (Å²) in [5.41, 5.74) is 1.03. The Morgan fingerprint density at radius 2 is 2.16 bits per heavy atom. The lowest BCUT2D eigenvalue weighted by Gasteiger charge is -2.23. The Kier molecular flexibility index (Phi) is 4.74. The molecular weight excluding hydrogens is 278 g/mol. The summed E-state index contributed by atoms with van der Waals surface area (Å²) in [4.78, 5) is 9.83. The summed E-state index contributed by atoms with van der Waals surface area (Å²) in [6, 6.07) is 0.817. The van der Waals surface area contributed by atoms with Crippen LogP contribution >= 0.6 is 22.9 Å². The van der Waals surface area contributed by atoms with Crippen LogP contribution in [0.15, 0.2) is 5.38 Å². The Hall–Kier alpha value is -0.160. The summed E-state index contributed by atoms with van der Waals surface area (Å²) >= 11 is 7.54. The van der Waals surface area contributed by atoms with Gasteiger partial charge in [-0.1, -0.05) is 0 Å². The molecule has 2 saturated heterocycles. The molecule has 0 spiro atoms. The van der Waals surface area contributed by atoms with E-state index in [9.17, 15) is 0 Å². The van der Waals surface area contributed by atoms with Crippen molar-refractivity contribution in [2.75, 3.05) is 32.7 Å². The van der Waals surface area contributed by atoms with Crippen molar-refractivity contribution >= 4 is 22.9 Å². The van der Waals surface area contributed by atoms with Crippen molar-refractivity contribution in [3.63, 3.8) is 0 Å². The molecule has 0 aromatic carbocycles. The van der Waals surface area contributed by atoms with Crippen LogP contribution < -0.4 is 0 Å². The average Bonchev–Trinajstić information content (AvgIpc) is 3.16. The monoisotopic (exact) mass is 299 g/mol. The number of aromatic nitrogens is 1. The highest BCUT2D eigenvalue weighted by atomic mass is 35.5. The molecule has 19 heavy (non-hydrogen) atoms. The number of thiazole rings is 1. The van der Waals surface area contributed by atoms with Crippen LogP contribution in [-0.4, -0.2) is 53.5 Å². The lowest BCUT2D eigenvalue weighted by atomic mass is 10.2. The van der Waals surface area contributed by atoms with E-state index in [1.54, 1.807) is 11.3 Å². The molecule has 1 atom stereocenters. The molecule has 0 saturated carbocycles. The predicted octanol–water partition coefficient (Wildman–Crippen LogP) is 2.59. The molecular formula is C14H22ClN3S. The summed E-state index contributed by atoms with van der Waals surface area (Å²) in [5.74, 6) is 0.539. The van der Waals surface area contributed by atoms with E-state index in [0.29, 0.717) is 5.88 Å². The van der Waals surface area contributed by atoms with Gasteiger partial charge in [-0.2, -0.15) is 0 Å². The van der Waals surface area contributed by atoms with E-state index in [1.807, 2.05) is 0 Å². The van der Waals surface area contributed by atoms with Crippen LogP contribution in [0.5, 0.6) is 0 Å². The van der Waals surface area contributed by atoms with E-state index in [1.165, 1.54) is 50.4 Å². The molecule has 2 aliphatic heterocycles. The standard InChI is InChI=1S/C14H22ClN3S/c15-9-12-11-19-14(16-12)4-8-17-7-3-13(10-17)18-5-1-2-6-18/h11,13H,1-10H2. The lowest BCUT2D eigenvalue weighted by Crippen LogP contribution is -2.35. The molecule has 0 radical (unpaired) electrons. The van der Waals surface area contributed by atoms with Crippen LogP contribution in [-0.2, 0) is 12.3 Å². The fourth-order valence-corrected chi connectivity index (χ4v) is 4.21. The van der Waals surface area contributed by atoms with Crippen LogP contribution in [0.4, 0.5) is 0 Å². The second kappa shape index (κ2) is 6.53. The van der Waals surface area contributed by atoms with Gasteiger partial charge in [-0.15, -0.1) is 22.9 Å². The molecule has 1 aromatic heterocycles. The third-order valence-corrected chi connectivity index (χ3v) is 5.51. The predicted molar refractivity (Wildman–Crippen MR) is 81.0 cm³/mol. The molecule has 2 aliphatic rings. The van der Waals surface area contributed by atoms with E-state index >= 15 is 0 Å². The summed E-state index contributed by atoms with van der Waals surface area (Å²) in [6.07, 6.45) is 5.23. The molecule has 0 N–H and O–H groups in total. The van der Waals surface area contributed by atoms with Crippen LogP contribution in [0.2, 0.25) is 0 Å². The van der Waals surface area contributed by atoms with E-state index in [4.69, 9.17) is 11.6 Å². The lowest BCUT2D eigenvalue weighted by molar-refractivity contribution is 0.233. The zero-order valence-corrected chi connectivity index (χ0v) is 12.9. The second-order valence-electron chi connectivity index (χ2n) is 5.60. The van der Waals surface area contributed by atoms with E-state index in [-0.39, 0.29) is 0 Å². The van der Waals surface area contributed by atoms with Crippen LogP contribution in [0, 0.1) is 0 Å². The highest BCUT2D eigenvalue weighted by Crippen LogP contribution is 2.21. The van der Waals surface area contributed by atoms with Gasteiger partial charge in [0.1, 0.15) is 0 Å². The highest BCUT2D eigenvalue weighted by Gasteiger charge is 2.28. The first kappa shape index (κ1) is 13.8. The molecule has 106 valence electrons. The molecule has 3 heterocycles. The molecule has 1 aromatic rings. The van der Waals surface area contributed by atoms with Crippen molar-refractivity contribution in [2.45, 2.75) is 37.6 Å². The Balaban J connectivity index is 1.43. The molecule has 3 nitrogen and oxygen atoms in total. The first-order valence-electron chi connectivity index (χ1n) is 7.31. The molecule has 3 rings (SSSR count). The minimum absolute atomic E-state index is 0.539. The number of nitrogens with zero attached hydrogens (tertiary/aromatic N) is 3. The number of alkyl halides is 1. The maximum atomic E-state index is 5.79. The Morgan fingerprint density at radius 1 is 1.32 bits per heavy atom. The van der Waals surface area contributed by atoms with E-state index in [2.05, 4.69) is 20.2 Å². The molecule has 0 aliphatic carbocycles. The number of likely N-dealkylation sites (tertiary alicyclic amines) is 2. The molecule has 0 bridgehead atoms. The Labute approximate surface area is 124 Å². The summed E-state index contributed by atoms with van der Waals surface area (Å²) in [7, 11) is 0.